The molecule has 118 valence electrons. The van der Waals surface area contributed by atoms with Crippen molar-refractivity contribution < 1.29 is 9.84 Å². The van der Waals surface area contributed by atoms with Gasteiger partial charge in [-0.25, -0.2) is 0 Å². The van der Waals surface area contributed by atoms with Crippen LogP contribution in [0.1, 0.15) is 32.4 Å². The highest BCUT2D eigenvalue weighted by Gasteiger charge is 2.26. The summed E-state index contributed by atoms with van der Waals surface area (Å²) < 4.78 is 6.80. The number of halogens is 1. The predicted octanol–water partition coefficient (Wildman–Crippen LogP) is 2.71. The Morgan fingerprint density at radius 2 is 2.24 bits per heavy atom. The fourth-order valence-electron chi connectivity index (χ4n) is 2.82. The maximum absolute atomic E-state index is 9.35. The number of hydrogen-bond acceptors (Lipinski definition) is 4. The molecule has 0 saturated carbocycles. The molecule has 1 saturated heterocycles. The summed E-state index contributed by atoms with van der Waals surface area (Å²) in [5, 5.41) is 12.8. The van der Waals surface area contributed by atoms with E-state index in [2.05, 4.69) is 58.2 Å². The van der Waals surface area contributed by atoms with Crippen LogP contribution in [-0.2, 0) is 4.74 Å². The zero-order chi connectivity index (χ0) is 15.4. The second kappa shape index (κ2) is 7.58. The molecule has 1 aliphatic heterocycles. The van der Waals surface area contributed by atoms with Crippen molar-refractivity contribution in [3.05, 3.63) is 28.2 Å². The fourth-order valence-corrected chi connectivity index (χ4v) is 3.46. The summed E-state index contributed by atoms with van der Waals surface area (Å²) in [6, 6.07) is 6.84. The van der Waals surface area contributed by atoms with Crippen molar-refractivity contribution in [2.45, 2.75) is 39.0 Å². The number of benzene rings is 1. The summed E-state index contributed by atoms with van der Waals surface area (Å²) in [7, 11) is 0. The smallest absolute Gasteiger partial charge is 0.0984 e. The van der Waals surface area contributed by atoms with Gasteiger partial charge in [-0.2, -0.15) is 0 Å². The van der Waals surface area contributed by atoms with Gasteiger partial charge < -0.3 is 20.1 Å². The Morgan fingerprint density at radius 3 is 2.86 bits per heavy atom. The van der Waals surface area contributed by atoms with Gasteiger partial charge in [0.2, 0.25) is 0 Å². The van der Waals surface area contributed by atoms with Gasteiger partial charge in [0.25, 0.3) is 0 Å². The van der Waals surface area contributed by atoms with Crippen LogP contribution < -0.4 is 10.2 Å². The first-order valence-corrected chi connectivity index (χ1v) is 8.38. The van der Waals surface area contributed by atoms with Crippen LogP contribution in [0.5, 0.6) is 0 Å². The Morgan fingerprint density at radius 1 is 1.48 bits per heavy atom. The summed E-state index contributed by atoms with van der Waals surface area (Å²) in [6.07, 6.45) is 0.0177. The fraction of sp³-hybridized carbons (Fsp3) is 0.625. The highest BCUT2D eigenvalue weighted by Crippen LogP contribution is 2.31. The van der Waals surface area contributed by atoms with Crippen molar-refractivity contribution in [1.29, 1.82) is 0 Å². The standard InChI is InChI=1S/C16H25BrN2O2/c1-4-18-12(3)13-5-6-16(15(17)7-13)19-8-11(2)21-14(9-19)10-20/h5-7,11-12,14,18,20H,4,8-10H2,1-3H3. The van der Waals surface area contributed by atoms with Crippen molar-refractivity contribution in [2.75, 3.05) is 31.1 Å². The molecular weight excluding hydrogens is 332 g/mol. The molecule has 1 aromatic carbocycles. The van der Waals surface area contributed by atoms with Gasteiger partial charge in [-0.3, -0.25) is 0 Å². The van der Waals surface area contributed by atoms with Gasteiger partial charge in [0.05, 0.1) is 24.5 Å². The molecule has 4 nitrogen and oxygen atoms in total. The Hall–Kier alpha value is -0.620. The summed E-state index contributed by atoms with van der Waals surface area (Å²) in [5.74, 6) is 0. The van der Waals surface area contributed by atoms with E-state index in [1.807, 2.05) is 6.92 Å². The third kappa shape index (κ3) is 4.19. The Bertz CT molecular complexity index is 470. The lowest BCUT2D eigenvalue weighted by molar-refractivity contribution is -0.0421. The first-order valence-electron chi connectivity index (χ1n) is 7.59. The summed E-state index contributed by atoms with van der Waals surface area (Å²) in [4.78, 5) is 2.28. The van der Waals surface area contributed by atoms with E-state index in [1.54, 1.807) is 0 Å². The molecule has 0 bridgehead atoms. The summed E-state index contributed by atoms with van der Waals surface area (Å²) in [6.45, 7) is 8.92. The topological polar surface area (TPSA) is 44.7 Å². The van der Waals surface area contributed by atoms with Crippen LogP contribution in [-0.4, -0.2) is 43.6 Å². The minimum Gasteiger partial charge on any atom is -0.394 e. The van der Waals surface area contributed by atoms with E-state index < -0.39 is 0 Å². The molecule has 3 unspecified atom stereocenters. The average Bonchev–Trinajstić information content (AvgIpc) is 2.46. The monoisotopic (exact) mass is 356 g/mol. The number of hydrogen-bond donors (Lipinski definition) is 2. The normalized spacial score (nSPS) is 24.1. The Balaban J connectivity index is 2.16. The van der Waals surface area contributed by atoms with Crippen molar-refractivity contribution in [3.8, 4) is 0 Å². The van der Waals surface area contributed by atoms with Crippen LogP contribution in [0.15, 0.2) is 22.7 Å². The molecule has 0 spiro atoms. The molecule has 0 aliphatic carbocycles. The molecule has 3 atom stereocenters. The third-order valence-corrected chi connectivity index (χ3v) is 4.49. The maximum atomic E-state index is 9.35. The number of anilines is 1. The van der Waals surface area contributed by atoms with Gasteiger partial charge in [0, 0.05) is 23.6 Å². The van der Waals surface area contributed by atoms with Crippen LogP contribution in [0.2, 0.25) is 0 Å². The van der Waals surface area contributed by atoms with E-state index in [1.165, 1.54) is 5.56 Å². The molecule has 2 rings (SSSR count). The van der Waals surface area contributed by atoms with Crippen LogP contribution in [0.25, 0.3) is 0 Å². The summed E-state index contributed by atoms with van der Waals surface area (Å²) >= 11 is 3.69. The first-order chi connectivity index (χ1) is 10.0. The molecule has 21 heavy (non-hydrogen) atoms. The molecular formula is C16H25BrN2O2. The number of nitrogens with zero attached hydrogens (tertiary/aromatic N) is 1. The number of ether oxygens (including phenoxy) is 1. The first kappa shape index (κ1) is 16.7. The van der Waals surface area contributed by atoms with E-state index in [4.69, 9.17) is 4.74 Å². The number of rotatable bonds is 5. The van der Waals surface area contributed by atoms with Gasteiger partial charge in [-0.15, -0.1) is 0 Å². The van der Waals surface area contributed by atoms with Crippen molar-refractivity contribution in [2.24, 2.45) is 0 Å². The lowest BCUT2D eigenvalue weighted by Gasteiger charge is -2.38. The van der Waals surface area contributed by atoms with E-state index in [9.17, 15) is 5.11 Å². The van der Waals surface area contributed by atoms with Gasteiger partial charge >= 0.3 is 0 Å². The van der Waals surface area contributed by atoms with Crippen LogP contribution in [0, 0.1) is 0 Å². The van der Waals surface area contributed by atoms with Gasteiger partial charge in [-0.05, 0) is 54.0 Å². The average molecular weight is 357 g/mol. The molecule has 2 N–H and O–H groups in total. The Labute approximate surface area is 135 Å². The second-order valence-corrected chi connectivity index (χ2v) is 6.50. The van der Waals surface area contributed by atoms with E-state index in [-0.39, 0.29) is 18.8 Å². The quantitative estimate of drug-likeness (QED) is 0.851. The number of morpholine rings is 1. The van der Waals surface area contributed by atoms with E-state index in [0.717, 1.165) is 29.8 Å². The SMILES string of the molecule is CCNC(C)c1ccc(N2CC(C)OC(CO)C2)c(Br)c1. The predicted molar refractivity (Wildman–Crippen MR) is 89.9 cm³/mol. The lowest BCUT2D eigenvalue weighted by Crippen LogP contribution is -2.48. The molecule has 0 amide bonds. The summed E-state index contributed by atoms with van der Waals surface area (Å²) in [5.41, 5.74) is 2.43. The molecule has 0 radical (unpaired) electrons. The van der Waals surface area contributed by atoms with Crippen LogP contribution >= 0.6 is 15.9 Å². The highest BCUT2D eigenvalue weighted by atomic mass is 79.9. The van der Waals surface area contributed by atoms with Crippen LogP contribution in [0.4, 0.5) is 5.69 Å². The van der Waals surface area contributed by atoms with Crippen molar-refractivity contribution in [1.82, 2.24) is 5.32 Å². The van der Waals surface area contributed by atoms with Crippen LogP contribution in [0.3, 0.4) is 0 Å². The van der Waals surface area contributed by atoms with Crippen molar-refractivity contribution >= 4 is 21.6 Å². The zero-order valence-electron chi connectivity index (χ0n) is 13.0. The largest absolute Gasteiger partial charge is 0.394 e. The Kier molecular flexibility index (Phi) is 6.05. The van der Waals surface area contributed by atoms with E-state index >= 15 is 0 Å². The molecule has 5 heteroatoms. The van der Waals surface area contributed by atoms with Gasteiger partial charge in [-0.1, -0.05) is 13.0 Å². The number of aliphatic hydroxyl groups is 1. The van der Waals surface area contributed by atoms with E-state index in [0.29, 0.717) is 6.04 Å². The van der Waals surface area contributed by atoms with Gasteiger partial charge in [0.15, 0.2) is 0 Å². The molecule has 1 aromatic rings. The highest BCUT2D eigenvalue weighted by molar-refractivity contribution is 9.10. The molecule has 1 aliphatic rings. The van der Waals surface area contributed by atoms with Crippen molar-refractivity contribution in [3.63, 3.8) is 0 Å². The minimum atomic E-state index is -0.110. The molecule has 1 fully saturated rings. The lowest BCUT2D eigenvalue weighted by atomic mass is 10.1. The minimum absolute atomic E-state index is 0.0635. The third-order valence-electron chi connectivity index (χ3n) is 3.85. The molecule has 0 aromatic heterocycles. The zero-order valence-corrected chi connectivity index (χ0v) is 14.6. The second-order valence-electron chi connectivity index (χ2n) is 5.65. The maximum Gasteiger partial charge on any atom is 0.0984 e. The van der Waals surface area contributed by atoms with Gasteiger partial charge in [0.1, 0.15) is 0 Å². The number of aliphatic hydroxyl groups excluding tert-OH is 1. The number of nitrogens with one attached hydrogen (secondary N) is 1. The molecule has 1 heterocycles.